The summed E-state index contributed by atoms with van der Waals surface area (Å²) < 4.78 is 0. The fourth-order valence-corrected chi connectivity index (χ4v) is 3.63. The predicted octanol–water partition coefficient (Wildman–Crippen LogP) is 0.619. The molecule has 2 N–H and O–H groups in total. The van der Waals surface area contributed by atoms with Crippen LogP contribution in [0.3, 0.4) is 0 Å². The number of fused-ring (bicyclic) bond motifs is 1. The maximum Gasteiger partial charge on any atom is 0.240 e. The van der Waals surface area contributed by atoms with Crippen LogP contribution in [0.25, 0.3) is 0 Å². The lowest BCUT2D eigenvalue weighted by molar-refractivity contribution is -0.143. The van der Waals surface area contributed by atoms with Crippen LogP contribution in [0.15, 0.2) is 11.6 Å². The summed E-state index contributed by atoms with van der Waals surface area (Å²) in [5, 5.41) is 6.04. The smallest absolute Gasteiger partial charge is 0.240 e. The van der Waals surface area contributed by atoms with Gasteiger partial charge in [-0.15, -0.1) is 12.4 Å². The average molecular weight is 342 g/mol. The highest BCUT2D eigenvalue weighted by Crippen LogP contribution is 2.37. The summed E-state index contributed by atoms with van der Waals surface area (Å²) in [5.41, 5.74) is 1.19. The second kappa shape index (κ2) is 7.93. The lowest BCUT2D eigenvalue weighted by atomic mass is 9.81. The van der Waals surface area contributed by atoms with Crippen molar-refractivity contribution in [3.63, 3.8) is 0 Å². The van der Waals surface area contributed by atoms with E-state index in [1.54, 1.807) is 0 Å². The molecule has 0 aromatic carbocycles. The summed E-state index contributed by atoms with van der Waals surface area (Å²) in [7, 11) is 0. The van der Waals surface area contributed by atoms with Gasteiger partial charge in [0.1, 0.15) is 6.54 Å². The second-order valence-electron chi connectivity index (χ2n) is 6.35. The van der Waals surface area contributed by atoms with Crippen molar-refractivity contribution >= 4 is 30.1 Å². The first kappa shape index (κ1) is 17.9. The molecule has 1 saturated carbocycles. The van der Waals surface area contributed by atoms with Gasteiger partial charge in [-0.1, -0.05) is 24.5 Å². The van der Waals surface area contributed by atoms with Crippen LogP contribution < -0.4 is 10.6 Å². The number of halogens is 1. The molecular weight excluding hydrogens is 318 g/mol. The van der Waals surface area contributed by atoms with Crippen LogP contribution >= 0.6 is 12.4 Å². The Labute approximate surface area is 142 Å². The Morgan fingerprint density at radius 2 is 1.87 bits per heavy atom. The van der Waals surface area contributed by atoms with Crippen molar-refractivity contribution in [3.8, 4) is 0 Å². The van der Waals surface area contributed by atoms with E-state index in [4.69, 9.17) is 0 Å². The van der Waals surface area contributed by atoms with Gasteiger partial charge in [-0.2, -0.15) is 0 Å². The predicted molar refractivity (Wildman–Crippen MR) is 88.0 cm³/mol. The van der Waals surface area contributed by atoms with E-state index in [1.165, 1.54) is 10.5 Å². The van der Waals surface area contributed by atoms with Crippen LogP contribution in [0.1, 0.15) is 32.1 Å². The SMILES string of the molecule is Cl.O=C(CN1C(=O)C2CCCCC2C1=O)NCC1=CCNCC1. The van der Waals surface area contributed by atoms with Gasteiger partial charge in [-0.05, 0) is 25.8 Å². The topological polar surface area (TPSA) is 78.5 Å². The fraction of sp³-hybridized carbons (Fsp3) is 0.688. The van der Waals surface area contributed by atoms with Gasteiger partial charge in [0.15, 0.2) is 0 Å². The van der Waals surface area contributed by atoms with Crippen LogP contribution in [0, 0.1) is 11.8 Å². The molecule has 1 saturated heterocycles. The molecule has 7 heteroatoms. The van der Waals surface area contributed by atoms with E-state index in [-0.39, 0.29) is 48.5 Å². The van der Waals surface area contributed by atoms with Gasteiger partial charge in [0.05, 0.1) is 11.8 Å². The number of rotatable bonds is 4. The lowest BCUT2D eigenvalue weighted by Gasteiger charge is -2.19. The first-order valence-electron chi connectivity index (χ1n) is 8.17. The van der Waals surface area contributed by atoms with Gasteiger partial charge in [-0.25, -0.2) is 0 Å². The van der Waals surface area contributed by atoms with Crippen molar-refractivity contribution < 1.29 is 14.4 Å². The quantitative estimate of drug-likeness (QED) is 0.580. The summed E-state index contributed by atoms with van der Waals surface area (Å²) in [5.74, 6) is -0.904. The number of nitrogens with zero attached hydrogens (tertiary/aromatic N) is 1. The van der Waals surface area contributed by atoms with Gasteiger partial charge in [0.2, 0.25) is 17.7 Å². The van der Waals surface area contributed by atoms with E-state index >= 15 is 0 Å². The Hall–Kier alpha value is -1.40. The van der Waals surface area contributed by atoms with E-state index in [9.17, 15) is 14.4 Å². The number of likely N-dealkylation sites (tertiary alicyclic amines) is 1. The van der Waals surface area contributed by atoms with Crippen molar-refractivity contribution in [1.82, 2.24) is 15.5 Å². The fourth-order valence-electron chi connectivity index (χ4n) is 3.63. The second-order valence-corrected chi connectivity index (χ2v) is 6.35. The molecule has 6 nitrogen and oxygen atoms in total. The summed E-state index contributed by atoms with van der Waals surface area (Å²) in [6.45, 7) is 2.13. The number of nitrogens with one attached hydrogen (secondary N) is 2. The average Bonchev–Trinajstić information content (AvgIpc) is 2.79. The van der Waals surface area contributed by atoms with Crippen molar-refractivity contribution in [2.45, 2.75) is 32.1 Å². The highest BCUT2D eigenvalue weighted by atomic mass is 35.5. The monoisotopic (exact) mass is 341 g/mol. The minimum Gasteiger partial charge on any atom is -0.351 e. The molecule has 2 aliphatic heterocycles. The molecule has 0 radical (unpaired) electrons. The van der Waals surface area contributed by atoms with Gasteiger partial charge < -0.3 is 10.6 Å². The molecule has 2 atom stereocenters. The van der Waals surface area contributed by atoms with Crippen LogP contribution in [0.4, 0.5) is 0 Å². The Kier molecular flexibility index (Phi) is 6.18. The third-order valence-electron chi connectivity index (χ3n) is 4.90. The lowest BCUT2D eigenvalue weighted by Crippen LogP contribution is -2.41. The summed E-state index contributed by atoms with van der Waals surface area (Å²) in [6.07, 6.45) is 6.57. The van der Waals surface area contributed by atoms with Crippen LogP contribution in [-0.2, 0) is 14.4 Å². The third kappa shape index (κ3) is 3.93. The molecule has 0 spiro atoms. The molecule has 0 aromatic heterocycles. The molecule has 3 rings (SSSR count). The molecule has 0 bridgehead atoms. The first-order valence-corrected chi connectivity index (χ1v) is 8.17. The number of imide groups is 1. The molecule has 3 aliphatic rings. The van der Waals surface area contributed by atoms with Gasteiger partial charge in [0, 0.05) is 13.1 Å². The van der Waals surface area contributed by atoms with E-state index in [1.807, 2.05) is 0 Å². The van der Waals surface area contributed by atoms with E-state index in [0.29, 0.717) is 6.54 Å². The van der Waals surface area contributed by atoms with E-state index in [0.717, 1.165) is 45.2 Å². The molecule has 2 unspecified atom stereocenters. The largest absolute Gasteiger partial charge is 0.351 e. The van der Waals surface area contributed by atoms with Crippen LogP contribution in [-0.4, -0.2) is 48.8 Å². The van der Waals surface area contributed by atoms with Gasteiger partial charge in [0.25, 0.3) is 0 Å². The third-order valence-corrected chi connectivity index (χ3v) is 4.90. The van der Waals surface area contributed by atoms with Crippen molar-refractivity contribution in [3.05, 3.63) is 11.6 Å². The molecule has 2 fully saturated rings. The van der Waals surface area contributed by atoms with Crippen molar-refractivity contribution in [2.24, 2.45) is 11.8 Å². The number of hydrogen-bond donors (Lipinski definition) is 2. The van der Waals surface area contributed by atoms with Crippen LogP contribution in [0.2, 0.25) is 0 Å². The Bertz CT molecular complexity index is 497. The van der Waals surface area contributed by atoms with Gasteiger partial charge >= 0.3 is 0 Å². The maximum absolute atomic E-state index is 12.3. The van der Waals surface area contributed by atoms with E-state index < -0.39 is 0 Å². The Balaban J connectivity index is 0.00000192. The highest BCUT2D eigenvalue weighted by molar-refractivity contribution is 6.07. The van der Waals surface area contributed by atoms with Crippen molar-refractivity contribution in [2.75, 3.05) is 26.2 Å². The van der Waals surface area contributed by atoms with E-state index in [2.05, 4.69) is 16.7 Å². The molecule has 128 valence electrons. The minimum atomic E-state index is -0.250. The number of carbonyl (C=O) groups excluding carboxylic acids is 3. The highest BCUT2D eigenvalue weighted by Gasteiger charge is 2.48. The molecule has 23 heavy (non-hydrogen) atoms. The number of amides is 3. The van der Waals surface area contributed by atoms with Crippen molar-refractivity contribution in [1.29, 1.82) is 0 Å². The maximum atomic E-state index is 12.3. The zero-order chi connectivity index (χ0) is 15.5. The molecule has 0 aromatic rings. The molecule has 3 amide bonds. The Morgan fingerprint density at radius 3 is 2.43 bits per heavy atom. The zero-order valence-corrected chi connectivity index (χ0v) is 14.0. The van der Waals surface area contributed by atoms with Crippen LogP contribution in [0.5, 0.6) is 0 Å². The number of hydrogen-bond acceptors (Lipinski definition) is 4. The molecular formula is C16H24ClN3O3. The molecule has 2 heterocycles. The first-order chi connectivity index (χ1) is 10.7. The summed E-state index contributed by atoms with van der Waals surface area (Å²) in [6, 6.07) is 0. The molecule has 1 aliphatic carbocycles. The normalized spacial score (nSPS) is 27.1. The zero-order valence-electron chi connectivity index (χ0n) is 13.2. The Morgan fingerprint density at radius 1 is 1.22 bits per heavy atom. The summed E-state index contributed by atoms with van der Waals surface area (Å²) in [4.78, 5) is 37.8. The minimum absolute atomic E-state index is 0. The standard InChI is InChI=1S/C16H23N3O3.ClH/c20-14(18-9-11-5-7-17-8-6-11)10-19-15(21)12-3-1-2-4-13(12)16(19)22;/h5,12-13,17H,1-4,6-10H2,(H,18,20);1H. The summed E-state index contributed by atoms with van der Waals surface area (Å²) >= 11 is 0. The number of carbonyl (C=O) groups is 3. The van der Waals surface area contributed by atoms with Gasteiger partial charge in [-0.3, -0.25) is 19.3 Å².